The summed E-state index contributed by atoms with van der Waals surface area (Å²) in [6, 6.07) is 3.66. The zero-order valence-electron chi connectivity index (χ0n) is 14.3. The second-order valence-corrected chi connectivity index (χ2v) is 5.90. The fourth-order valence-corrected chi connectivity index (χ4v) is 2.66. The smallest absolute Gasteiger partial charge is 0.158 e. The lowest BCUT2D eigenvalue weighted by Gasteiger charge is -2.07. The maximum Gasteiger partial charge on any atom is 0.158 e. The number of benzene rings is 1. The van der Waals surface area contributed by atoms with E-state index in [1.807, 2.05) is 33.8 Å². The van der Waals surface area contributed by atoms with Crippen molar-refractivity contribution in [3.8, 4) is 11.3 Å². The molecule has 1 aromatic carbocycles. The Kier molecular flexibility index (Phi) is 5.91. The first-order chi connectivity index (χ1) is 11.5. The lowest BCUT2D eigenvalue weighted by atomic mass is 10.1. The second kappa shape index (κ2) is 7.73. The Bertz CT molecular complexity index is 825. The van der Waals surface area contributed by atoms with Crippen molar-refractivity contribution < 1.29 is 4.39 Å². The van der Waals surface area contributed by atoms with Gasteiger partial charge in [0.1, 0.15) is 0 Å². The molecule has 0 unspecified atom stereocenters. The molecule has 0 aliphatic carbocycles. The minimum Gasteiger partial charge on any atom is -0.356 e. The van der Waals surface area contributed by atoms with Crippen LogP contribution in [0, 0.1) is 5.82 Å². The molecule has 0 fully saturated rings. The summed E-state index contributed by atoms with van der Waals surface area (Å²) in [4.78, 5) is 11.5. The lowest BCUT2D eigenvalue weighted by molar-refractivity contribution is 0.639. The van der Waals surface area contributed by atoms with E-state index in [9.17, 15) is 4.39 Å². The highest BCUT2D eigenvalue weighted by Gasteiger charge is 2.18. The molecule has 0 atom stereocenters. The first-order valence-corrected chi connectivity index (χ1v) is 8.41. The number of hydrogen-bond donors (Lipinski definition) is 2. The molecule has 0 amide bonds. The monoisotopic (exact) mass is 348 g/mol. The molecule has 6 heteroatoms. The zero-order valence-corrected chi connectivity index (χ0v) is 15.1. The van der Waals surface area contributed by atoms with Gasteiger partial charge in [-0.05, 0) is 18.1 Å². The summed E-state index contributed by atoms with van der Waals surface area (Å²) < 4.78 is 14.9. The van der Waals surface area contributed by atoms with Gasteiger partial charge < -0.3 is 10.7 Å². The SMILES string of the molecule is CC.CC(C)c1cc2cc(Cl)c(-c3cnc(CN)cn3)c(F)c2[nH]1. The number of nitrogens with two attached hydrogens (primary N) is 1. The largest absolute Gasteiger partial charge is 0.356 e. The van der Waals surface area contributed by atoms with Crippen molar-refractivity contribution in [1.82, 2.24) is 15.0 Å². The standard InChI is InChI=1S/C16H16ClFN4.C2H6/c1-8(2)12-4-9-3-11(17)14(15(18)16(9)22-12)13-7-20-10(5-19)6-21-13;1-2/h3-4,6-8,22H,5,19H2,1-2H3;1-2H3. The number of hydrogen-bond acceptors (Lipinski definition) is 3. The molecule has 0 aliphatic rings. The van der Waals surface area contributed by atoms with Crippen molar-refractivity contribution in [2.24, 2.45) is 5.73 Å². The Balaban J connectivity index is 0.00000100. The minimum absolute atomic E-state index is 0.252. The highest BCUT2D eigenvalue weighted by atomic mass is 35.5. The van der Waals surface area contributed by atoms with Crippen LogP contribution in [0.2, 0.25) is 5.02 Å². The molecule has 3 rings (SSSR count). The number of aromatic nitrogens is 3. The normalized spacial score (nSPS) is 10.8. The Hall–Kier alpha value is -1.98. The third-order valence-corrected chi connectivity index (χ3v) is 3.92. The molecule has 4 nitrogen and oxygen atoms in total. The molecule has 128 valence electrons. The van der Waals surface area contributed by atoms with Crippen LogP contribution in [0.25, 0.3) is 22.2 Å². The van der Waals surface area contributed by atoms with Crippen LogP contribution in [0.4, 0.5) is 4.39 Å². The molecule has 0 saturated heterocycles. The van der Waals surface area contributed by atoms with Crippen LogP contribution in [0.15, 0.2) is 24.5 Å². The van der Waals surface area contributed by atoms with Crippen molar-refractivity contribution in [2.75, 3.05) is 0 Å². The molecule has 3 aromatic rings. The molecule has 0 bridgehead atoms. The minimum atomic E-state index is -0.413. The summed E-state index contributed by atoms with van der Waals surface area (Å²) >= 11 is 6.26. The van der Waals surface area contributed by atoms with Crippen LogP contribution < -0.4 is 5.73 Å². The summed E-state index contributed by atoms with van der Waals surface area (Å²) in [6.07, 6.45) is 3.02. The summed E-state index contributed by atoms with van der Waals surface area (Å²) in [7, 11) is 0. The number of fused-ring (bicyclic) bond motifs is 1. The second-order valence-electron chi connectivity index (χ2n) is 5.49. The summed E-state index contributed by atoms with van der Waals surface area (Å²) in [5.41, 5.74) is 8.18. The zero-order chi connectivity index (χ0) is 17.9. The topological polar surface area (TPSA) is 67.6 Å². The third-order valence-electron chi connectivity index (χ3n) is 3.62. The van der Waals surface area contributed by atoms with Gasteiger partial charge in [-0.3, -0.25) is 9.97 Å². The van der Waals surface area contributed by atoms with E-state index < -0.39 is 5.82 Å². The Morgan fingerprint density at radius 2 is 1.92 bits per heavy atom. The average Bonchev–Trinajstić information content (AvgIpc) is 3.02. The van der Waals surface area contributed by atoms with Crippen LogP contribution in [0.1, 0.15) is 45.0 Å². The van der Waals surface area contributed by atoms with Crippen molar-refractivity contribution >= 4 is 22.5 Å². The third kappa shape index (κ3) is 3.42. The number of nitrogens with zero attached hydrogens (tertiary/aromatic N) is 2. The highest BCUT2D eigenvalue weighted by molar-refractivity contribution is 6.34. The van der Waals surface area contributed by atoms with Gasteiger partial charge in [-0.1, -0.05) is 39.3 Å². The molecular formula is C18H22ClFN4. The highest BCUT2D eigenvalue weighted by Crippen LogP contribution is 2.35. The fraction of sp³-hybridized carbons (Fsp3) is 0.333. The van der Waals surface area contributed by atoms with Gasteiger partial charge in [0.25, 0.3) is 0 Å². The van der Waals surface area contributed by atoms with Crippen molar-refractivity contribution in [2.45, 2.75) is 40.2 Å². The van der Waals surface area contributed by atoms with Gasteiger partial charge in [0.2, 0.25) is 0 Å². The van der Waals surface area contributed by atoms with E-state index in [0.717, 1.165) is 11.1 Å². The van der Waals surface area contributed by atoms with Crippen LogP contribution in [-0.4, -0.2) is 15.0 Å². The van der Waals surface area contributed by atoms with E-state index in [2.05, 4.69) is 15.0 Å². The van der Waals surface area contributed by atoms with Gasteiger partial charge in [-0.25, -0.2) is 4.39 Å². The summed E-state index contributed by atoms with van der Waals surface area (Å²) in [6.45, 7) is 8.38. The van der Waals surface area contributed by atoms with Crippen LogP contribution in [0.3, 0.4) is 0 Å². The van der Waals surface area contributed by atoms with Gasteiger partial charge in [0, 0.05) is 17.6 Å². The fourth-order valence-electron chi connectivity index (χ4n) is 2.36. The number of halogens is 2. The maximum absolute atomic E-state index is 14.9. The van der Waals surface area contributed by atoms with E-state index >= 15 is 0 Å². The summed E-state index contributed by atoms with van der Waals surface area (Å²) in [5.74, 6) is -0.137. The Morgan fingerprint density at radius 1 is 1.21 bits per heavy atom. The average molecular weight is 349 g/mol. The number of rotatable bonds is 3. The molecule has 0 aliphatic heterocycles. The predicted molar refractivity (Wildman–Crippen MR) is 97.6 cm³/mol. The van der Waals surface area contributed by atoms with Gasteiger partial charge >= 0.3 is 0 Å². The van der Waals surface area contributed by atoms with Gasteiger partial charge in [-0.15, -0.1) is 0 Å². The first-order valence-electron chi connectivity index (χ1n) is 8.03. The van der Waals surface area contributed by atoms with E-state index in [1.54, 1.807) is 6.07 Å². The lowest BCUT2D eigenvalue weighted by Crippen LogP contribution is -2.01. The molecule has 2 aromatic heterocycles. The van der Waals surface area contributed by atoms with Crippen molar-refractivity contribution in [1.29, 1.82) is 0 Å². The number of aromatic amines is 1. The van der Waals surface area contributed by atoms with Crippen LogP contribution in [-0.2, 0) is 6.54 Å². The van der Waals surface area contributed by atoms with E-state index in [-0.39, 0.29) is 18.0 Å². The summed E-state index contributed by atoms with van der Waals surface area (Å²) in [5, 5.41) is 1.07. The molecule has 0 radical (unpaired) electrons. The van der Waals surface area contributed by atoms with Crippen LogP contribution >= 0.6 is 11.6 Å². The molecule has 0 saturated carbocycles. The van der Waals surface area contributed by atoms with E-state index in [4.69, 9.17) is 17.3 Å². The first kappa shape index (κ1) is 18.4. The van der Waals surface area contributed by atoms with E-state index in [1.165, 1.54) is 12.4 Å². The number of H-pyrrole nitrogens is 1. The molecule has 0 spiro atoms. The maximum atomic E-state index is 14.9. The van der Waals surface area contributed by atoms with E-state index in [0.29, 0.717) is 21.9 Å². The Morgan fingerprint density at radius 3 is 2.46 bits per heavy atom. The van der Waals surface area contributed by atoms with Gasteiger partial charge in [0.05, 0.1) is 39.9 Å². The quantitative estimate of drug-likeness (QED) is 0.697. The predicted octanol–water partition coefficient (Wildman–Crippen LogP) is 5.03. The van der Waals surface area contributed by atoms with Crippen LogP contribution in [0.5, 0.6) is 0 Å². The molecule has 2 heterocycles. The van der Waals surface area contributed by atoms with Gasteiger partial charge in [-0.2, -0.15) is 0 Å². The van der Waals surface area contributed by atoms with Crippen molar-refractivity contribution in [3.63, 3.8) is 0 Å². The Labute approximate surface area is 146 Å². The molecular weight excluding hydrogens is 327 g/mol. The van der Waals surface area contributed by atoms with Gasteiger partial charge in [0.15, 0.2) is 5.82 Å². The molecule has 3 N–H and O–H groups in total. The molecule has 24 heavy (non-hydrogen) atoms. The van der Waals surface area contributed by atoms with Crippen molar-refractivity contribution in [3.05, 3.63) is 46.8 Å². The number of nitrogens with one attached hydrogen (secondary N) is 1.